The van der Waals surface area contributed by atoms with Gasteiger partial charge < -0.3 is 14.8 Å². The van der Waals surface area contributed by atoms with Crippen molar-refractivity contribution in [1.29, 1.82) is 5.26 Å². The van der Waals surface area contributed by atoms with Gasteiger partial charge in [0.1, 0.15) is 18.2 Å². The summed E-state index contributed by atoms with van der Waals surface area (Å²) in [6, 6.07) is 17.7. The lowest BCUT2D eigenvalue weighted by Crippen LogP contribution is -2.32. The van der Waals surface area contributed by atoms with Crippen molar-refractivity contribution in [2.45, 2.75) is 0 Å². The second kappa shape index (κ2) is 9.53. The average molecular weight is 432 g/mol. The Morgan fingerprint density at radius 1 is 1.03 bits per heavy atom. The van der Waals surface area contributed by atoms with Crippen LogP contribution in [0.2, 0.25) is 0 Å². The van der Waals surface area contributed by atoms with Crippen LogP contribution in [0.15, 0.2) is 60.7 Å². The van der Waals surface area contributed by atoms with Crippen molar-refractivity contribution in [3.8, 4) is 29.1 Å². The molecule has 0 unspecified atom stereocenters. The third-order valence-corrected chi connectivity index (χ3v) is 4.37. The molecule has 0 radical (unpaired) electrons. The molecule has 0 aliphatic rings. The summed E-state index contributed by atoms with van der Waals surface area (Å²) in [5, 5.41) is 24.0. The number of fused-ring (bicyclic) bond motifs is 1. The van der Waals surface area contributed by atoms with Crippen molar-refractivity contribution in [2.75, 3.05) is 19.8 Å². The van der Waals surface area contributed by atoms with Crippen LogP contribution in [0.25, 0.3) is 17.0 Å². The summed E-state index contributed by atoms with van der Waals surface area (Å²) in [5.41, 5.74) is 1.70. The number of benzene rings is 2. The zero-order valence-corrected chi connectivity index (χ0v) is 16.7. The summed E-state index contributed by atoms with van der Waals surface area (Å²) >= 11 is 0. The lowest BCUT2D eigenvalue weighted by atomic mass is 10.2. The first kappa shape index (κ1) is 20.7. The van der Waals surface area contributed by atoms with Gasteiger partial charge in [-0.25, -0.2) is 4.39 Å². The van der Waals surface area contributed by atoms with Crippen molar-refractivity contribution >= 4 is 11.6 Å². The number of nitrogens with one attached hydrogen (secondary N) is 1. The summed E-state index contributed by atoms with van der Waals surface area (Å²) in [6.45, 7) is 0.287. The van der Waals surface area contributed by atoms with Gasteiger partial charge in [-0.2, -0.15) is 9.78 Å². The minimum absolute atomic E-state index is 0.155. The highest BCUT2D eigenvalue weighted by Crippen LogP contribution is 2.19. The lowest BCUT2D eigenvalue weighted by molar-refractivity contribution is -0.123. The second-order valence-electron chi connectivity index (χ2n) is 6.60. The Hall–Kier alpha value is -4.52. The van der Waals surface area contributed by atoms with Gasteiger partial charge in [0, 0.05) is 11.6 Å². The molecule has 2 aromatic heterocycles. The predicted octanol–water partition coefficient (Wildman–Crippen LogP) is 2.38. The van der Waals surface area contributed by atoms with Crippen LogP contribution in [-0.4, -0.2) is 45.5 Å². The summed E-state index contributed by atoms with van der Waals surface area (Å²) in [6.07, 6.45) is 0. The average Bonchev–Trinajstić information content (AvgIpc) is 3.24. The highest BCUT2D eigenvalue weighted by Gasteiger charge is 2.11. The van der Waals surface area contributed by atoms with Crippen LogP contribution in [0, 0.1) is 17.1 Å². The van der Waals surface area contributed by atoms with E-state index in [1.807, 2.05) is 6.07 Å². The Morgan fingerprint density at radius 3 is 2.56 bits per heavy atom. The van der Waals surface area contributed by atoms with Crippen molar-refractivity contribution in [3.63, 3.8) is 0 Å². The van der Waals surface area contributed by atoms with E-state index in [0.29, 0.717) is 34.2 Å². The molecule has 0 spiro atoms. The number of nitrogens with zero attached hydrogens (tertiary/aromatic N) is 5. The fourth-order valence-corrected chi connectivity index (χ4v) is 2.80. The summed E-state index contributed by atoms with van der Waals surface area (Å²) in [4.78, 5) is 11.9. The van der Waals surface area contributed by atoms with Crippen molar-refractivity contribution < 1.29 is 18.7 Å². The molecule has 32 heavy (non-hydrogen) atoms. The number of aromatic nitrogens is 4. The Bertz CT molecular complexity index is 1270. The maximum absolute atomic E-state index is 13.2. The van der Waals surface area contributed by atoms with E-state index < -0.39 is 0 Å². The number of carbonyl (C=O) groups is 1. The molecule has 2 aromatic carbocycles. The van der Waals surface area contributed by atoms with Gasteiger partial charge in [0.15, 0.2) is 18.1 Å². The van der Waals surface area contributed by atoms with Gasteiger partial charge >= 0.3 is 0 Å². The molecule has 10 heteroatoms. The second-order valence-corrected chi connectivity index (χ2v) is 6.60. The zero-order valence-electron chi connectivity index (χ0n) is 16.7. The molecule has 4 aromatic rings. The topological polar surface area (TPSA) is 114 Å². The van der Waals surface area contributed by atoms with Crippen molar-refractivity contribution in [2.24, 2.45) is 0 Å². The summed E-state index contributed by atoms with van der Waals surface area (Å²) in [5.74, 6) is 0.629. The number of rotatable bonds is 8. The molecule has 0 aliphatic heterocycles. The maximum atomic E-state index is 13.2. The van der Waals surface area contributed by atoms with Crippen LogP contribution in [0.3, 0.4) is 0 Å². The molecule has 160 valence electrons. The fraction of sp³-hybridized carbons (Fsp3) is 0.136. The maximum Gasteiger partial charge on any atom is 0.258 e. The number of hydrogen-bond donors (Lipinski definition) is 1. The van der Waals surface area contributed by atoms with Crippen LogP contribution in [0.4, 0.5) is 4.39 Å². The molecule has 0 bridgehead atoms. The van der Waals surface area contributed by atoms with Crippen LogP contribution in [0.5, 0.6) is 11.6 Å². The molecule has 1 N–H and O–H groups in total. The minimum Gasteiger partial charge on any atom is -0.484 e. The highest BCUT2D eigenvalue weighted by atomic mass is 19.1. The minimum atomic E-state index is -0.344. The fourth-order valence-electron chi connectivity index (χ4n) is 2.80. The molecular weight excluding hydrogens is 415 g/mol. The van der Waals surface area contributed by atoms with Crippen LogP contribution < -0.4 is 14.8 Å². The number of carbonyl (C=O) groups excluding carboxylic acids is 1. The van der Waals surface area contributed by atoms with Gasteiger partial charge in [0.25, 0.3) is 5.91 Å². The Balaban J connectivity index is 1.27. The molecule has 9 nitrogen and oxygen atoms in total. The van der Waals surface area contributed by atoms with E-state index in [0.717, 1.165) is 0 Å². The van der Waals surface area contributed by atoms with E-state index >= 15 is 0 Å². The SMILES string of the molecule is N#Cc1ccc(OCC(=O)NCCOc2ccc3nnc(-c4ccc(F)cc4)n3n2)cc1. The third-order valence-electron chi connectivity index (χ3n) is 4.37. The van der Waals surface area contributed by atoms with E-state index in [1.165, 1.54) is 16.6 Å². The first-order valence-corrected chi connectivity index (χ1v) is 9.63. The van der Waals surface area contributed by atoms with Gasteiger partial charge in [0.05, 0.1) is 18.2 Å². The molecule has 0 aliphatic carbocycles. The molecule has 4 rings (SSSR count). The predicted molar refractivity (Wildman–Crippen MR) is 111 cm³/mol. The highest BCUT2D eigenvalue weighted by molar-refractivity contribution is 5.77. The van der Waals surface area contributed by atoms with Gasteiger partial charge in [0.2, 0.25) is 5.88 Å². The molecule has 0 atom stereocenters. The van der Waals surface area contributed by atoms with Crippen LogP contribution >= 0.6 is 0 Å². The molecule has 0 saturated carbocycles. The Labute approximate surface area is 182 Å². The monoisotopic (exact) mass is 432 g/mol. The zero-order chi connectivity index (χ0) is 22.3. The number of nitriles is 1. The molecule has 2 heterocycles. The van der Waals surface area contributed by atoms with E-state index in [2.05, 4.69) is 20.6 Å². The number of amides is 1. The molecule has 0 fully saturated rings. The normalized spacial score (nSPS) is 10.5. The number of halogens is 1. The third kappa shape index (κ3) is 4.96. The first-order chi connectivity index (χ1) is 15.6. The lowest BCUT2D eigenvalue weighted by Gasteiger charge is -2.09. The van der Waals surface area contributed by atoms with Crippen molar-refractivity contribution in [3.05, 3.63) is 72.0 Å². The smallest absolute Gasteiger partial charge is 0.258 e. The van der Waals surface area contributed by atoms with Gasteiger partial charge in [-0.05, 0) is 54.6 Å². The van der Waals surface area contributed by atoms with Crippen LogP contribution in [0.1, 0.15) is 5.56 Å². The summed E-state index contributed by atoms with van der Waals surface area (Å²) < 4.78 is 25.6. The standard InChI is InChI=1S/C22H17FN6O3/c23-17-5-3-16(4-6-17)22-27-26-19-9-10-21(28-29(19)22)31-12-11-25-20(30)14-32-18-7-1-15(13-24)2-8-18/h1-10H,11-12,14H2,(H,25,30). The Kier molecular flexibility index (Phi) is 6.17. The van der Waals surface area contributed by atoms with Crippen molar-refractivity contribution in [1.82, 2.24) is 25.1 Å². The van der Waals surface area contributed by atoms with E-state index in [9.17, 15) is 9.18 Å². The number of hydrogen-bond acceptors (Lipinski definition) is 7. The van der Waals surface area contributed by atoms with Crippen LogP contribution in [-0.2, 0) is 4.79 Å². The van der Waals surface area contributed by atoms with Gasteiger partial charge in [-0.3, -0.25) is 4.79 Å². The Morgan fingerprint density at radius 2 is 1.81 bits per heavy atom. The molecule has 0 saturated heterocycles. The summed E-state index contributed by atoms with van der Waals surface area (Å²) in [7, 11) is 0. The quantitative estimate of drug-likeness (QED) is 0.425. The van der Waals surface area contributed by atoms with E-state index in [1.54, 1.807) is 48.5 Å². The van der Waals surface area contributed by atoms with Gasteiger partial charge in [-0.15, -0.1) is 15.3 Å². The first-order valence-electron chi connectivity index (χ1n) is 9.63. The number of ether oxygens (including phenoxy) is 2. The largest absolute Gasteiger partial charge is 0.484 e. The van der Waals surface area contributed by atoms with Gasteiger partial charge in [-0.1, -0.05) is 0 Å². The van der Waals surface area contributed by atoms with E-state index in [-0.39, 0.29) is 31.5 Å². The van der Waals surface area contributed by atoms with E-state index in [4.69, 9.17) is 14.7 Å². The molecular formula is C22H17FN6O3. The molecule has 1 amide bonds.